The summed E-state index contributed by atoms with van der Waals surface area (Å²) in [5.41, 5.74) is 5.44. The van der Waals surface area contributed by atoms with Gasteiger partial charge in [0, 0.05) is 27.8 Å². The number of nitrogens with one attached hydrogen (secondary N) is 1. The van der Waals surface area contributed by atoms with E-state index < -0.39 is 22.5 Å². The molecule has 1 saturated carbocycles. The zero-order valence-electron chi connectivity index (χ0n) is 17.1. The fraction of sp³-hybridized carbons (Fsp3) is 0.524. The van der Waals surface area contributed by atoms with E-state index in [0.29, 0.717) is 5.92 Å². The summed E-state index contributed by atoms with van der Waals surface area (Å²) in [6.07, 6.45) is 6.19. The Kier molecular flexibility index (Phi) is 5.63. The molecule has 2 aliphatic rings. The molecular formula is C21H28N4O2S2. The van der Waals surface area contributed by atoms with Gasteiger partial charge in [0.05, 0.1) is 15.5 Å². The molecule has 8 heteroatoms. The number of carbonyl (C=O) groups is 1. The molecule has 0 radical (unpaired) electrons. The first-order valence-electron chi connectivity index (χ1n) is 10.1. The zero-order chi connectivity index (χ0) is 20.8. The number of hydrogen-bond acceptors (Lipinski definition) is 4. The van der Waals surface area contributed by atoms with Crippen molar-refractivity contribution in [3.63, 3.8) is 0 Å². The van der Waals surface area contributed by atoms with Gasteiger partial charge in [0.2, 0.25) is 0 Å². The van der Waals surface area contributed by atoms with E-state index in [1.807, 2.05) is 11.4 Å². The van der Waals surface area contributed by atoms with Gasteiger partial charge >= 0.3 is 6.03 Å². The lowest BCUT2D eigenvalue weighted by atomic mass is 9.99. The van der Waals surface area contributed by atoms with Crippen LogP contribution in [0.5, 0.6) is 0 Å². The number of nitrogens with zero attached hydrogens (tertiary/aromatic N) is 2. The number of thiophene rings is 1. The fourth-order valence-electron chi connectivity index (χ4n) is 3.89. The Labute approximate surface area is 178 Å². The van der Waals surface area contributed by atoms with E-state index in [9.17, 15) is 9.90 Å². The summed E-state index contributed by atoms with van der Waals surface area (Å²) in [5, 5.41) is 21.3. The van der Waals surface area contributed by atoms with E-state index in [4.69, 9.17) is 10.1 Å². The van der Waals surface area contributed by atoms with E-state index >= 15 is 0 Å². The van der Waals surface area contributed by atoms with Gasteiger partial charge in [0.25, 0.3) is 0 Å². The smallest absolute Gasteiger partial charge is 0.352 e. The van der Waals surface area contributed by atoms with Gasteiger partial charge in [-0.05, 0) is 80.9 Å². The van der Waals surface area contributed by atoms with Crippen molar-refractivity contribution in [3.8, 4) is 0 Å². The van der Waals surface area contributed by atoms with Crippen LogP contribution in [-0.4, -0.2) is 16.1 Å². The summed E-state index contributed by atoms with van der Waals surface area (Å²) >= 11 is 1.42. The van der Waals surface area contributed by atoms with Gasteiger partial charge in [-0.3, -0.25) is 10.1 Å². The summed E-state index contributed by atoms with van der Waals surface area (Å²) in [6, 6.07) is 1.43. The number of anilines is 1. The van der Waals surface area contributed by atoms with Crippen molar-refractivity contribution in [3.05, 3.63) is 39.5 Å². The largest absolute Gasteiger partial charge is 0.386 e. The fourth-order valence-corrected chi connectivity index (χ4v) is 5.89. The highest BCUT2D eigenvalue weighted by atomic mass is 32.2. The van der Waals surface area contributed by atoms with Gasteiger partial charge in [-0.25, -0.2) is 4.79 Å². The number of pyridine rings is 1. The first-order valence-corrected chi connectivity index (χ1v) is 12.3. The zero-order valence-corrected chi connectivity index (χ0v) is 18.8. The molecule has 4 N–H and O–H groups in total. The second-order valence-electron chi connectivity index (χ2n) is 8.30. The minimum Gasteiger partial charge on any atom is -0.386 e. The summed E-state index contributed by atoms with van der Waals surface area (Å²) < 4.78 is 4.99. The number of rotatable bonds is 5. The molecule has 1 atom stereocenters. The Morgan fingerprint density at radius 3 is 2.83 bits per heavy atom. The molecule has 0 aliphatic heterocycles. The number of carbonyl (C=O) groups excluding carboxylic acids is 1. The molecule has 0 spiro atoms. The molecule has 0 aromatic carbocycles. The van der Waals surface area contributed by atoms with Gasteiger partial charge in [-0.1, -0.05) is 6.92 Å². The number of aromatic nitrogens is 1. The van der Waals surface area contributed by atoms with Gasteiger partial charge in [0.15, 0.2) is 0 Å². The van der Waals surface area contributed by atoms with Gasteiger partial charge in [-0.15, -0.1) is 11.3 Å². The monoisotopic (exact) mass is 432 g/mol. The van der Waals surface area contributed by atoms with Crippen LogP contribution in [0.3, 0.4) is 0 Å². The number of amides is 2. The lowest BCUT2D eigenvalue weighted by molar-refractivity contribution is 0.0789. The first-order chi connectivity index (χ1) is 13.8. The van der Waals surface area contributed by atoms with Crippen LogP contribution < -0.4 is 10.5 Å². The highest BCUT2D eigenvalue weighted by Gasteiger charge is 2.33. The maximum Gasteiger partial charge on any atom is 0.352 e. The van der Waals surface area contributed by atoms with Crippen molar-refractivity contribution >= 4 is 33.9 Å². The minimum absolute atomic E-state index is 0.404. The second-order valence-corrected chi connectivity index (χ2v) is 10.7. The average molecular weight is 433 g/mol. The van der Waals surface area contributed by atoms with Crippen molar-refractivity contribution in [1.82, 2.24) is 4.98 Å². The van der Waals surface area contributed by atoms with Crippen molar-refractivity contribution < 1.29 is 9.90 Å². The molecule has 4 rings (SSSR count). The van der Waals surface area contributed by atoms with Crippen LogP contribution in [0, 0.1) is 0 Å². The third-order valence-electron chi connectivity index (χ3n) is 5.56. The predicted molar refractivity (Wildman–Crippen MR) is 118 cm³/mol. The Morgan fingerprint density at radius 2 is 2.21 bits per heavy atom. The van der Waals surface area contributed by atoms with Crippen LogP contribution in [-0.2, 0) is 35.7 Å². The lowest BCUT2D eigenvalue weighted by Crippen LogP contribution is -2.16. The van der Waals surface area contributed by atoms with E-state index in [0.717, 1.165) is 65.4 Å². The van der Waals surface area contributed by atoms with Gasteiger partial charge in [-0.2, -0.15) is 4.36 Å². The molecule has 1 fully saturated rings. The Hall–Kier alpha value is -1.61. The highest BCUT2D eigenvalue weighted by Crippen LogP contribution is 2.47. The molecule has 156 valence electrons. The number of aryl methyl sites for hydroxylation is 2. The van der Waals surface area contributed by atoms with Crippen LogP contribution in [0.15, 0.2) is 20.0 Å². The topological polar surface area (TPSA) is 101 Å². The molecule has 2 heterocycles. The number of hydrogen-bond donors (Lipinski definition) is 3. The van der Waals surface area contributed by atoms with Gasteiger partial charge < -0.3 is 10.4 Å². The third kappa shape index (κ3) is 4.30. The van der Waals surface area contributed by atoms with Crippen LogP contribution >= 0.6 is 11.3 Å². The molecule has 2 aliphatic carbocycles. The Bertz CT molecular complexity index is 987. The van der Waals surface area contributed by atoms with Crippen LogP contribution in [0.4, 0.5) is 10.5 Å². The Morgan fingerprint density at radius 1 is 1.45 bits per heavy atom. The number of aliphatic hydroxyl groups is 1. The number of fused-ring (bicyclic) bond motifs is 1. The normalized spacial score (nSPS) is 17.4. The molecule has 6 nitrogen and oxygen atoms in total. The van der Waals surface area contributed by atoms with Crippen LogP contribution in [0.2, 0.25) is 0 Å². The highest BCUT2D eigenvalue weighted by molar-refractivity contribution is 7.87. The minimum atomic E-state index is -1.05. The molecule has 2 aromatic rings. The number of urea groups is 1. The van der Waals surface area contributed by atoms with E-state index in [1.54, 1.807) is 13.8 Å². The molecule has 2 aromatic heterocycles. The standard InChI is InChI=1S/C21H28N4O2S2/c1-4-15-18(12-8-9-12)19(14-6-5-7-16(14)23-15)24-20(26)25-29(22)17-10-13(11-28-17)21(2,3)27/h10-12,27H,4-9H2,1-3H3,(H3,22,23,24,25,26). The summed E-state index contributed by atoms with van der Waals surface area (Å²) in [6.45, 7) is 5.58. The maximum absolute atomic E-state index is 12.8. The van der Waals surface area contributed by atoms with E-state index in [2.05, 4.69) is 16.6 Å². The lowest BCUT2D eigenvalue weighted by Gasteiger charge is -2.17. The molecular weight excluding hydrogens is 404 g/mol. The van der Waals surface area contributed by atoms with E-state index in [1.165, 1.54) is 22.5 Å². The molecule has 29 heavy (non-hydrogen) atoms. The van der Waals surface area contributed by atoms with Crippen molar-refractivity contribution in [1.29, 1.82) is 0 Å². The van der Waals surface area contributed by atoms with Crippen molar-refractivity contribution in [2.45, 2.75) is 75.0 Å². The molecule has 0 saturated heterocycles. The molecule has 0 bridgehead atoms. The Balaban J connectivity index is 1.62. The third-order valence-corrected chi connectivity index (χ3v) is 7.98. The van der Waals surface area contributed by atoms with Crippen LogP contribution in [0.25, 0.3) is 0 Å². The summed E-state index contributed by atoms with van der Waals surface area (Å²) in [7, 11) is -1.05. The van der Waals surface area contributed by atoms with Crippen LogP contribution in [0.1, 0.15) is 74.0 Å². The van der Waals surface area contributed by atoms with E-state index in [-0.39, 0.29) is 0 Å². The van der Waals surface area contributed by atoms with Crippen molar-refractivity contribution in [2.75, 3.05) is 5.32 Å². The molecule has 2 amide bonds. The SMILES string of the molecule is CCc1nc2c(c(NC(=O)N=S(N)c3cc(C(C)(C)O)cs3)c1C1CC1)CCC2. The average Bonchev–Trinajstić information content (AvgIpc) is 3.17. The maximum atomic E-state index is 12.8. The second kappa shape index (κ2) is 7.91. The quantitative estimate of drug-likeness (QED) is 0.644. The number of nitrogens with two attached hydrogens (primary N) is 1. The molecule has 1 unspecified atom stereocenters. The van der Waals surface area contributed by atoms with Gasteiger partial charge in [0.1, 0.15) is 0 Å². The summed E-state index contributed by atoms with van der Waals surface area (Å²) in [4.78, 5) is 17.7. The first kappa shape index (κ1) is 20.7. The summed E-state index contributed by atoms with van der Waals surface area (Å²) in [5.74, 6) is 0.501. The van der Waals surface area contributed by atoms with Crippen molar-refractivity contribution in [2.24, 2.45) is 9.50 Å². The predicted octanol–water partition coefficient (Wildman–Crippen LogP) is 4.57.